The molecule has 2 heterocycles. The van der Waals surface area contributed by atoms with Gasteiger partial charge in [-0.3, -0.25) is 9.69 Å². The molecule has 1 aromatic rings. The lowest BCUT2D eigenvalue weighted by Gasteiger charge is -2.40. The zero-order valence-electron chi connectivity index (χ0n) is 18.8. The smallest absolute Gasteiger partial charge is 0.324 e. The number of fused-ring (bicyclic) bond motifs is 1. The molecule has 1 saturated heterocycles. The number of hydrogen-bond donors (Lipinski definition) is 1. The van der Waals surface area contributed by atoms with Crippen molar-refractivity contribution >= 4 is 29.2 Å². The zero-order valence-corrected chi connectivity index (χ0v) is 19.5. The van der Waals surface area contributed by atoms with Crippen LogP contribution in [-0.4, -0.2) is 48.6 Å². The number of ether oxygens (including phenoxy) is 1. The Hall–Kier alpha value is -1.95. The number of likely N-dealkylation sites (tertiary alicyclic amines) is 1. The molecular formula is C24H34ClN3O3. The number of hydrogen-bond acceptors (Lipinski definition) is 3. The van der Waals surface area contributed by atoms with Gasteiger partial charge >= 0.3 is 6.03 Å². The van der Waals surface area contributed by atoms with Crippen molar-refractivity contribution in [3.63, 3.8) is 0 Å². The van der Waals surface area contributed by atoms with Crippen LogP contribution in [0.3, 0.4) is 0 Å². The van der Waals surface area contributed by atoms with Gasteiger partial charge in [-0.05, 0) is 56.2 Å². The summed E-state index contributed by atoms with van der Waals surface area (Å²) in [6, 6.07) is 5.63. The predicted molar refractivity (Wildman–Crippen MR) is 123 cm³/mol. The number of nitrogens with zero attached hydrogens (tertiary/aromatic N) is 2. The average Bonchev–Trinajstić information content (AvgIpc) is 2.76. The van der Waals surface area contributed by atoms with Crippen LogP contribution < -0.4 is 15.0 Å². The number of carbonyl (C=O) groups excluding carboxylic acids is 2. The van der Waals surface area contributed by atoms with Crippen molar-refractivity contribution in [1.29, 1.82) is 0 Å². The van der Waals surface area contributed by atoms with Crippen LogP contribution >= 0.6 is 11.6 Å². The van der Waals surface area contributed by atoms with Crippen LogP contribution in [0.25, 0.3) is 0 Å². The molecule has 7 heteroatoms. The van der Waals surface area contributed by atoms with Gasteiger partial charge in [-0.25, -0.2) is 4.79 Å². The molecule has 0 spiro atoms. The Labute approximate surface area is 190 Å². The fourth-order valence-corrected chi connectivity index (χ4v) is 5.35. The molecular weight excluding hydrogens is 414 g/mol. The average molecular weight is 448 g/mol. The topological polar surface area (TPSA) is 61.9 Å². The highest BCUT2D eigenvalue weighted by Gasteiger charge is 2.35. The number of anilines is 1. The van der Waals surface area contributed by atoms with Gasteiger partial charge in [0.05, 0.1) is 12.2 Å². The van der Waals surface area contributed by atoms with E-state index in [0.717, 1.165) is 12.1 Å². The molecule has 3 amide bonds. The van der Waals surface area contributed by atoms with Gasteiger partial charge < -0.3 is 15.0 Å². The molecule has 6 nitrogen and oxygen atoms in total. The Kier molecular flexibility index (Phi) is 6.65. The third-order valence-electron chi connectivity index (χ3n) is 7.38. The summed E-state index contributed by atoms with van der Waals surface area (Å²) in [6.07, 6.45) is 4.84. The summed E-state index contributed by atoms with van der Waals surface area (Å²) in [6.45, 7) is 8.17. The molecule has 1 saturated carbocycles. The predicted octanol–water partition coefficient (Wildman–Crippen LogP) is 4.70. The number of halogens is 1. The van der Waals surface area contributed by atoms with Crippen molar-refractivity contribution in [3.8, 4) is 5.75 Å². The molecule has 0 aromatic heterocycles. The van der Waals surface area contributed by atoms with E-state index in [1.807, 2.05) is 17.9 Å². The summed E-state index contributed by atoms with van der Waals surface area (Å²) in [5.41, 5.74) is 0.718. The fourth-order valence-electron chi connectivity index (χ4n) is 5.18. The van der Waals surface area contributed by atoms with Crippen molar-refractivity contribution in [2.45, 2.75) is 65.0 Å². The van der Waals surface area contributed by atoms with Crippen molar-refractivity contribution in [1.82, 2.24) is 10.2 Å². The molecule has 1 aromatic carbocycles. The largest absolute Gasteiger partial charge is 0.487 e. The highest BCUT2D eigenvalue weighted by molar-refractivity contribution is 6.31. The lowest BCUT2D eigenvalue weighted by Crippen LogP contribution is -2.53. The van der Waals surface area contributed by atoms with E-state index in [0.29, 0.717) is 55.1 Å². The Morgan fingerprint density at radius 1 is 1.10 bits per heavy atom. The van der Waals surface area contributed by atoms with Gasteiger partial charge in [0, 0.05) is 30.1 Å². The minimum atomic E-state index is -0.0826. The fraction of sp³-hybridized carbons (Fsp3) is 0.667. The maximum Gasteiger partial charge on any atom is 0.324 e. The minimum Gasteiger partial charge on any atom is -0.487 e. The van der Waals surface area contributed by atoms with Gasteiger partial charge in [-0.1, -0.05) is 38.3 Å². The highest BCUT2D eigenvalue weighted by atomic mass is 35.5. The van der Waals surface area contributed by atoms with Gasteiger partial charge in [0.1, 0.15) is 11.9 Å². The third kappa shape index (κ3) is 4.79. The van der Waals surface area contributed by atoms with Crippen LogP contribution in [0.1, 0.15) is 52.9 Å². The van der Waals surface area contributed by atoms with Gasteiger partial charge in [0.2, 0.25) is 5.91 Å². The first-order chi connectivity index (χ1) is 14.8. The van der Waals surface area contributed by atoms with Crippen molar-refractivity contribution in [3.05, 3.63) is 23.2 Å². The van der Waals surface area contributed by atoms with E-state index in [1.54, 1.807) is 17.0 Å². The molecule has 2 aliphatic heterocycles. The maximum absolute atomic E-state index is 13.3. The quantitative estimate of drug-likeness (QED) is 0.714. The molecule has 4 rings (SSSR count). The summed E-state index contributed by atoms with van der Waals surface area (Å²) in [5, 5.41) is 3.90. The highest BCUT2D eigenvalue weighted by Crippen LogP contribution is 2.37. The first kappa shape index (κ1) is 22.3. The van der Waals surface area contributed by atoms with Gasteiger partial charge in [0.15, 0.2) is 0 Å². The van der Waals surface area contributed by atoms with E-state index in [-0.39, 0.29) is 30.0 Å². The third-order valence-corrected chi connectivity index (χ3v) is 7.62. The number of benzene rings is 1. The van der Waals surface area contributed by atoms with E-state index >= 15 is 0 Å². The molecule has 0 bridgehead atoms. The Morgan fingerprint density at radius 3 is 2.58 bits per heavy atom. The summed E-state index contributed by atoms with van der Waals surface area (Å²) in [4.78, 5) is 29.8. The van der Waals surface area contributed by atoms with E-state index in [4.69, 9.17) is 16.3 Å². The number of nitrogens with one attached hydrogen (secondary N) is 1. The lowest BCUT2D eigenvalue weighted by molar-refractivity contribution is -0.127. The Morgan fingerprint density at radius 2 is 1.84 bits per heavy atom. The molecule has 0 unspecified atom stereocenters. The standard InChI is InChI=1S/C24H34ClN3O3/c1-15-5-4-6-20(17(15)3)26-23(29)18-9-11-27(12-10-18)24(30)28-14-16(2)31-22-8-7-19(25)13-21(22)28/h7-8,13,15-18,20H,4-6,9-12,14H2,1-3H3,(H,26,29)/t15-,16-,17+,20-/m1/s1. The number of piperidine rings is 1. The molecule has 170 valence electrons. The normalized spacial score (nSPS) is 29.2. The Bertz CT molecular complexity index is 824. The molecule has 31 heavy (non-hydrogen) atoms. The summed E-state index contributed by atoms with van der Waals surface area (Å²) >= 11 is 6.17. The monoisotopic (exact) mass is 447 g/mol. The van der Waals surface area contributed by atoms with E-state index in [1.165, 1.54) is 12.8 Å². The van der Waals surface area contributed by atoms with E-state index < -0.39 is 0 Å². The lowest BCUT2D eigenvalue weighted by atomic mass is 9.78. The molecule has 0 radical (unpaired) electrons. The SMILES string of the molecule is C[C@H]1[C@H](C)CCC[C@H]1NC(=O)C1CCN(C(=O)N2C[C@@H](C)Oc3ccc(Cl)cc32)CC1. The number of amides is 3. The molecule has 1 aliphatic carbocycles. The number of rotatable bonds is 2. The minimum absolute atomic E-state index is 0.0150. The van der Waals surface area contributed by atoms with Crippen molar-refractivity contribution in [2.24, 2.45) is 17.8 Å². The molecule has 4 atom stereocenters. The maximum atomic E-state index is 13.3. The first-order valence-electron chi connectivity index (χ1n) is 11.7. The molecule has 3 aliphatic rings. The summed E-state index contributed by atoms with van der Waals surface area (Å²) in [5.74, 6) is 2.01. The first-order valence-corrected chi connectivity index (χ1v) is 12.0. The number of carbonyl (C=O) groups is 2. The van der Waals surface area contributed by atoms with Crippen molar-refractivity contribution < 1.29 is 14.3 Å². The number of urea groups is 1. The molecule has 1 N–H and O–H groups in total. The van der Waals surface area contributed by atoms with Crippen LogP contribution in [0.15, 0.2) is 18.2 Å². The summed E-state index contributed by atoms with van der Waals surface area (Å²) < 4.78 is 5.87. The van der Waals surface area contributed by atoms with Crippen LogP contribution in [0, 0.1) is 17.8 Å². The molecule has 2 fully saturated rings. The van der Waals surface area contributed by atoms with Crippen LogP contribution in [-0.2, 0) is 4.79 Å². The van der Waals surface area contributed by atoms with Crippen molar-refractivity contribution in [2.75, 3.05) is 24.5 Å². The van der Waals surface area contributed by atoms with Crippen LogP contribution in [0.2, 0.25) is 5.02 Å². The second-order valence-electron chi connectivity index (χ2n) is 9.58. The second kappa shape index (κ2) is 9.27. The van der Waals surface area contributed by atoms with Crippen LogP contribution in [0.4, 0.5) is 10.5 Å². The van der Waals surface area contributed by atoms with E-state index in [2.05, 4.69) is 19.2 Å². The Balaban J connectivity index is 1.35. The summed E-state index contributed by atoms with van der Waals surface area (Å²) in [7, 11) is 0. The van der Waals surface area contributed by atoms with E-state index in [9.17, 15) is 9.59 Å². The van der Waals surface area contributed by atoms with Gasteiger partial charge in [-0.2, -0.15) is 0 Å². The van der Waals surface area contributed by atoms with Gasteiger partial charge in [0.25, 0.3) is 0 Å². The van der Waals surface area contributed by atoms with Gasteiger partial charge in [-0.15, -0.1) is 0 Å². The zero-order chi connectivity index (χ0) is 22.1. The second-order valence-corrected chi connectivity index (χ2v) is 10.0. The van der Waals surface area contributed by atoms with Crippen LogP contribution in [0.5, 0.6) is 5.75 Å².